The summed E-state index contributed by atoms with van der Waals surface area (Å²) in [4.78, 5) is 4.30. The second-order valence-electron chi connectivity index (χ2n) is 5.17. The fourth-order valence-electron chi connectivity index (χ4n) is 1.83. The molecule has 0 radical (unpaired) electrons. The first kappa shape index (κ1) is 12.2. The van der Waals surface area contributed by atoms with Gasteiger partial charge < -0.3 is 0 Å². The Balaban J connectivity index is 2.75. The van der Waals surface area contributed by atoms with Crippen LogP contribution in [0.5, 0.6) is 0 Å². The van der Waals surface area contributed by atoms with E-state index in [0.717, 1.165) is 6.42 Å². The highest BCUT2D eigenvalue weighted by Gasteiger charge is 2.20. The minimum Gasteiger partial charge on any atom is -0.252 e. The van der Waals surface area contributed by atoms with Crippen molar-refractivity contribution in [1.29, 1.82) is 0 Å². The highest BCUT2D eigenvalue weighted by molar-refractivity contribution is 5.19. The van der Waals surface area contributed by atoms with Gasteiger partial charge in [0.1, 0.15) is 0 Å². The Hall–Kier alpha value is -0.860. The molecule has 1 aromatic carbocycles. The third-order valence-electron chi connectivity index (χ3n) is 2.41. The molecule has 0 fully saturated rings. The summed E-state index contributed by atoms with van der Waals surface area (Å²) in [5.41, 5.74) is 1.46. The third-order valence-corrected chi connectivity index (χ3v) is 2.41. The molecule has 0 aliphatic rings. The molecule has 2 heteroatoms. The molecule has 0 amide bonds. The first-order valence-corrected chi connectivity index (χ1v) is 5.34. The maximum atomic E-state index is 8.59. The zero-order valence-corrected chi connectivity index (χ0v) is 9.73. The predicted molar refractivity (Wildman–Crippen MR) is 61.8 cm³/mol. The molecule has 1 N–H and O–H groups in total. The van der Waals surface area contributed by atoms with Crippen molar-refractivity contribution in [3.8, 4) is 0 Å². The Morgan fingerprint density at radius 2 is 1.80 bits per heavy atom. The zero-order chi connectivity index (χ0) is 11.3. The van der Waals surface area contributed by atoms with Crippen LogP contribution in [0, 0.1) is 5.41 Å². The molecule has 1 aromatic rings. The Labute approximate surface area is 91.8 Å². The average Bonchev–Trinajstić information content (AvgIpc) is 2.17. The van der Waals surface area contributed by atoms with Gasteiger partial charge in [0.15, 0.2) is 0 Å². The first-order chi connectivity index (χ1) is 7.03. The topological polar surface area (TPSA) is 29.5 Å². The van der Waals surface area contributed by atoms with Gasteiger partial charge in [-0.2, -0.15) is 0 Å². The molecule has 0 saturated carbocycles. The highest BCUT2D eigenvalue weighted by atomic mass is 17.1. The third kappa shape index (κ3) is 4.45. The second kappa shape index (κ2) is 5.29. The molecule has 0 saturated heterocycles. The van der Waals surface area contributed by atoms with Gasteiger partial charge in [-0.15, -0.1) is 0 Å². The zero-order valence-electron chi connectivity index (χ0n) is 9.73. The molecule has 1 rings (SSSR count). The standard InChI is InChI=1S/C13H20O2/c1-13(2,3)9-12(10-15-14)11-7-5-4-6-8-11/h4-8,12,14H,9-10H2,1-3H3. The van der Waals surface area contributed by atoms with Crippen molar-refractivity contribution in [1.82, 2.24) is 0 Å². The van der Waals surface area contributed by atoms with E-state index >= 15 is 0 Å². The van der Waals surface area contributed by atoms with Crippen molar-refractivity contribution < 1.29 is 10.1 Å². The van der Waals surface area contributed by atoms with Gasteiger partial charge in [-0.05, 0) is 17.4 Å². The van der Waals surface area contributed by atoms with E-state index in [2.05, 4.69) is 37.8 Å². The number of hydrogen-bond acceptors (Lipinski definition) is 2. The van der Waals surface area contributed by atoms with Crippen LogP contribution in [0.3, 0.4) is 0 Å². The Morgan fingerprint density at radius 1 is 1.20 bits per heavy atom. The Kier molecular flexibility index (Phi) is 4.30. The number of benzene rings is 1. The molecule has 0 spiro atoms. The van der Waals surface area contributed by atoms with Crippen molar-refractivity contribution in [3.05, 3.63) is 35.9 Å². The summed E-state index contributed by atoms with van der Waals surface area (Å²) >= 11 is 0. The van der Waals surface area contributed by atoms with Gasteiger partial charge in [0.25, 0.3) is 0 Å². The average molecular weight is 208 g/mol. The van der Waals surface area contributed by atoms with Crippen molar-refractivity contribution in [2.45, 2.75) is 33.1 Å². The summed E-state index contributed by atoms with van der Waals surface area (Å²) in [6, 6.07) is 10.2. The van der Waals surface area contributed by atoms with Crippen LogP contribution in [0.2, 0.25) is 0 Å². The van der Waals surface area contributed by atoms with E-state index in [1.807, 2.05) is 18.2 Å². The highest BCUT2D eigenvalue weighted by Crippen LogP contribution is 2.31. The normalized spacial score (nSPS) is 13.9. The molecule has 0 aliphatic heterocycles. The lowest BCUT2D eigenvalue weighted by Gasteiger charge is -2.25. The van der Waals surface area contributed by atoms with Crippen molar-refractivity contribution >= 4 is 0 Å². The molecule has 0 aliphatic carbocycles. The lowest BCUT2D eigenvalue weighted by molar-refractivity contribution is -0.246. The summed E-state index contributed by atoms with van der Waals surface area (Å²) in [7, 11) is 0. The Bertz CT molecular complexity index is 274. The number of rotatable bonds is 4. The summed E-state index contributed by atoms with van der Waals surface area (Å²) < 4.78 is 0. The largest absolute Gasteiger partial charge is 0.252 e. The summed E-state index contributed by atoms with van der Waals surface area (Å²) in [5.74, 6) is 0.260. The molecule has 1 unspecified atom stereocenters. The SMILES string of the molecule is CC(C)(C)CC(COO)c1ccccc1. The van der Waals surface area contributed by atoms with Gasteiger partial charge in [-0.25, -0.2) is 4.89 Å². The molecule has 0 aromatic heterocycles. The molecule has 15 heavy (non-hydrogen) atoms. The fourth-order valence-corrected chi connectivity index (χ4v) is 1.83. The lowest BCUT2D eigenvalue weighted by Crippen LogP contribution is -2.15. The van der Waals surface area contributed by atoms with E-state index < -0.39 is 0 Å². The van der Waals surface area contributed by atoms with Crippen LogP contribution in [0.15, 0.2) is 30.3 Å². The van der Waals surface area contributed by atoms with E-state index in [0.29, 0.717) is 6.61 Å². The minimum atomic E-state index is 0.235. The first-order valence-electron chi connectivity index (χ1n) is 5.34. The summed E-state index contributed by atoms with van der Waals surface area (Å²) in [6.45, 7) is 6.95. The van der Waals surface area contributed by atoms with E-state index in [9.17, 15) is 0 Å². The van der Waals surface area contributed by atoms with Gasteiger partial charge in [-0.1, -0.05) is 51.1 Å². The molecule has 84 valence electrons. The summed E-state index contributed by atoms with van der Waals surface area (Å²) in [5, 5.41) is 8.59. The fraction of sp³-hybridized carbons (Fsp3) is 0.538. The van der Waals surface area contributed by atoms with Crippen LogP contribution in [-0.4, -0.2) is 11.9 Å². The van der Waals surface area contributed by atoms with E-state index in [-0.39, 0.29) is 11.3 Å². The van der Waals surface area contributed by atoms with Gasteiger partial charge in [-0.3, -0.25) is 5.26 Å². The van der Waals surface area contributed by atoms with E-state index in [1.54, 1.807) is 0 Å². The molecular formula is C13H20O2. The molecular weight excluding hydrogens is 188 g/mol. The van der Waals surface area contributed by atoms with E-state index in [4.69, 9.17) is 5.26 Å². The summed E-state index contributed by atoms with van der Waals surface area (Å²) in [6.07, 6.45) is 0.998. The Morgan fingerprint density at radius 3 is 2.27 bits per heavy atom. The maximum absolute atomic E-state index is 8.59. The van der Waals surface area contributed by atoms with Crippen molar-refractivity contribution in [2.75, 3.05) is 6.61 Å². The second-order valence-corrected chi connectivity index (χ2v) is 5.17. The van der Waals surface area contributed by atoms with Crippen molar-refractivity contribution in [2.24, 2.45) is 5.41 Å². The van der Waals surface area contributed by atoms with Crippen LogP contribution in [0.1, 0.15) is 38.7 Å². The molecule has 0 heterocycles. The minimum absolute atomic E-state index is 0.235. The molecule has 0 bridgehead atoms. The monoisotopic (exact) mass is 208 g/mol. The van der Waals surface area contributed by atoms with Gasteiger partial charge in [0.05, 0.1) is 6.61 Å². The van der Waals surface area contributed by atoms with Crippen LogP contribution in [0.25, 0.3) is 0 Å². The van der Waals surface area contributed by atoms with Crippen LogP contribution < -0.4 is 0 Å². The van der Waals surface area contributed by atoms with Crippen molar-refractivity contribution in [3.63, 3.8) is 0 Å². The van der Waals surface area contributed by atoms with Crippen LogP contribution in [0.4, 0.5) is 0 Å². The van der Waals surface area contributed by atoms with Crippen LogP contribution in [-0.2, 0) is 4.89 Å². The van der Waals surface area contributed by atoms with Gasteiger partial charge >= 0.3 is 0 Å². The number of hydrogen-bond donors (Lipinski definition) is 1. The quantitative estimate of drug-likeness (QED) is 0.604. The lowest BCUT2D eigenvalue weighted by atomic mass is 9.82. The predicted octanol–water partition coefficient (Wildman–Crippen LogP) is 3.70. The van der Waals surface area contributed by atoms with Gasteiger partial charge in [0.2, 0.25) is 0 Å². The molecule has 2 nitrogen and oxygen atoms in total. The van der Waals surface area contributed by atoms with Crippen LogP contribution >= 0.6 is 0 Å². The molecule has 1 atom stereocenters. The van der Waals surface area contributed by atoms with E-state index in [1.165, 1.54) is 5.56 Å². The smallest absolute Gasteiger partial charge is 0.0888 e. The van der Waals surface area contributed by atoms with Gasteiger partial charge in [0, 0.05) is 5.92 Å². The maximum Gasteiger partial charge on any atom is 0.0888 e.